The van der Waals surface area contributed by atoms with Crippen molar-refractivity contribution in [3.8, 4) is 0 Å². The number of halogens is 2. The van der Waals surface area contributed by atoms with E-state index in [0.717, 1.165) is 7.11 Å². The molecule has 1 unspecified atom stereocenters. The summed E-state index contributed by atoms with van der Waals surface area (Å²) in [5, 5.41) is 0. The lowest BCUT2D eigenvalue weighted by Gasteiger charge is -2.26. The molecule has 5 heteroatoms. The number of ether oxygens (including phenoxy) is 1. The normalized spacial score (nSPS) is 15.8. The maximum Gasteiger partial charge on any atom is 0.318 e. The van der Waals surface area contributed by atoms with Crippen LogP contribution < -0.4 is 5.73 Å². The molecule has 12 heavy (non-hydrogen) atoms. The molecule has 0 amide bonds. The Morgan fingerprint density at radius 2 is 2.17 bits per heavy atom. The average Bonchev–Trinajstić information content (AvgIpc) is 2.06. The fourth-order valence-corrected chi connectivity index (χ4v) is 0.908. The van der Waals surface area contributed by atoms with Crippen molar-refractivity contribution in [2.24, 2.45) is 11.1 Å². The van der Waals surface area contributed by atoms with Gasteiger partial charge in [0.2, 0.25) is 0 Å². The molecule has 0 aliphatic carbocycles. The van der Waals surface area contributed by atoms with E-state index >= 15 is 0 Å². The number of carbonyl (C=O) groups is 1. The maximum atomic E-state index is 12.4. The lowest BCUT2D eigenvalue weighted by molar-refractivity contribution is -0.162. The summed E-state index contributed by atoms with van der Waals surface area (Å²) in [5.74, 6) is -0.942. The zero-order valence-electron chi connectivity index (χ0n) is 7.14. The third-order valence-corrected chi connectivity index (χ3v) is 2.00. The maximum absolute atomic E-state index is 12.4. The van der Waals surface area contributed by atoms with Gasteiger partial charge in [-0.15, -0.1) is 0 Å². The van der Waals surface area contributed by atoms with Crippen LogP contribution in [0, 0.1) is 5.41 Å². The standard InChI is InChI=1S/C7H13F2NO2/c1-3-7(4-10,5(8)9)6(11)12-2/h5H,3-4,10H2,1-2H3. The van der Waals surface area contributed by atoms with E-state index in [9.17, 15) is 13.6 Å². The molecule has 0 aromatic rings. The third-order valence-electron chi connectivity index (χ3n) is 2.00. The fraction of sp³-hybridized carbons (Fsp3) is 0.857. The highest BCUT2D eigenvalue weighted by Crippen LogP contribution is 2.30. The molecule has 0 spiro atoms. The van der Waals surface area contributed by atoms with Crippen LogP contribution in [0.5, 0.6) is 0 Å². The summed E-state index contributed by atoms with van der Waals surface area (Å²) in [6, 6.07) is 0. The van der Waals surface area contributed by atoms with E-state index in [1.165, 1.54) is 6.92 Å². The number of alkyl halides is 2. The van der Waals surface area contributed by atoms with E-state index in [1.54, 1.807) is 0 Å². The molecule has 0 bridgehead atoms. The molecular formula is C7H13F2NO2. The number of hydrogen-bond acceptors (Lipinski definition) is 3. The van der Waals surface area contributed by atoms with Crippen LogP contribution in [0.4, 0.5) is 8.78 Å². The highest BCUT2D eigenvalue weighted by atomic mass is 19.3. The number of esters is 1. The van der Waals surface area contributed by atoms with Crippen molar-refractivity contribution in [2.45, 2.75) is 19.8 Å². The van der Waals surface area contributed by atoms with Gasteiger partial charge >= 0.3 is 5.97 Å². The molecule has 3 nitrogen and oxygen atoms in total. The monoisotopic (exact) mass is 181 g/mol. The number of nitrogens with two attached hydrogens (primary N) is 1. The predicted octanol–water partition coefficient (Wildman–Crippen LogP) is 0.780. The first-order chi connectivity index (χ1) is 5.55. The Balaban J connectivity index is 4.69. The van der Waals surface area contributed by atoms with Crippen LogP contribution in [-0.2, 0) is 9.53 Å². The second-order valence-corrected chi connectivity index (χ2v) is 2.51. The quantitative estimate of drug-likeness (QED) is 0.652. The zero-order valence-corrected chi connectivity index (χ0v) is 7.14. The Morgan fingerprint density at radius 1 is 1.67 bits per heavy atom. The van der Waals surface area contributed by atoms with Gasteiger partial charge in [-0.05, 0) is 6.42 Å². The predicted molar refractivity (Wildman–Crippen MR) is 39.8 cm³/mol. The minimum Gasteiger partial charge on any atom is -0.468 e. The van der Waals surface area contributed by atoms with Gasteiger partial charge in [-0.1, -0.05) is 6.92 Å². The van der Waals surface area contributed by atoms with Gasteiger partial charge in [0.1, 0.15) is 5.41 Å². The van der Waals surface area contributed by atoms with E-state index in [2.05, 4.69) is 4.74 Å². The summed E-state index contributed by atoms with van der Waals surface area (Å²) in [7, 11) is 1.07. The molecule has 0 rings (SSSR count). The highest BCUT2D eigenvalue weighted by Gasteiger charge is 2.45. The molecular weight excluding hydrogens is 168 g/mol. The lowest BCUT2D eigenvalue weighted by atomic mass is 9.86. The molecule has 0 aromatic carbocycles. The second-order valence-electron chi connectivity index (χ2n) is 2.51. The van der Waals surface area contributed by atoms with Gasteiger partial charge < -0.3 is 10.5 Å². The van der Waals surface area contributed by atoms with Crippen LogP contribution in [0.1, 0.15) is 13.3 Å². The number of rotatable bonds is 4. The first-order valence-electron chi connectivity index (χ1n) is 3.61. The molecule has 72 valence electrons. The van der Waals surface area contributed by atoms with Crippen molar-refractivity contribution in [3.05, 3.63) is 0 Å². The largest absolute Gasteiger partial charge is 0.468 e. The van der Waals surface area contributed by atoms with Crippen molar-refractivity contribution < 1.29 is 18.3 Å². The molecule has 0 aliphatic heterocycles. The van der Waals surface area contributed by atoms with Gasteiger partial charge in [0, 0.05) is 6.54 Å². The fourth-order valence-electron chi connectivity index (χ4n) is 0.908. The van der Waals surface area contributed by atoms with E-state index in [4.69, 9.17) is 5.73 Å². The molecule has 1 atom stereocenters. The van der Waals surface area contributed by atoms with Gasteiger partial charge in [-0.25, -0.2) is 8.78 Å². The molecule has 0 heterocycles. The van der Waals surface area contributed by atoms with E-state index in [0.29, 0.717) is 0 Å². The van der Waals surface area contributed by atoms with Gasteiger partial charge in [-0.2, -0.15) is 0 Å². The smallest absolute Gasteiger partial charge is 0.318 e. The summed E-state index contributed by atoms with van der Waals surface area (Å²) in [4.78, 5) is 11.0. The van der Waals surface area contributed by atoms with Crippen molar-refractivity contribution in [2.75, 3.05) is 13.7 Å². The molecule has 0 saturated heterocycles. The minimum atomic E-state index is -2.78. The van der Waals surface area contributed by atoms with Crippen molar-refractivity contribution in [1.29, 1.82) is 0 Å². The lowest BCUT2D eigenvalue weighted by Crippen LogP contribution is -2.45. The zero-order chi connectivity index (χ0) is 9.78. The van der Waals surface area contributed by atoms with Gasteiger partial charge in [0.15, 0.2) is 0 Å². The van der Waals surface area contributed by atoms with Crippen molar-refractivity contribution in [3.63, 3.8) is 0 Å². The first kappa shape index (κ1) is 11.3. The number of hydrogen-bond donors (Lipinski definition) is 1. The van der Waals surface area contributed by atoms with Crippen LogP contribution in [0.15, 0.2) is 0 Å². The summed E-state index contributed by atoms with van der Waals surface area (Å²) in [6.07, 6.45) is -2.80. The van der Waals surface area contributed by atoms with Crippen LogP contribution in [-0.4, -0.2) is 26.0 Å². The molecule has 0 fully saturated rings. The summed E-state index contributed by atoms with van der Waals surface area (Å²) in [6.45, 7) is 1.09. The average molecular weight is 181 g/mol. The Hall–Kier alpha value is -0.710. The molecule has 0 aliphatic rings. The van der Waals surface area contributed by atoms with Crippen molar-refractivity contribution >= 4 is 5.97 Å². The Labute approximate surface area is 69.9 Å². The first-order valence-corrected chi connectivity index (χ1v) is 3.61. The Morgan fingerprint density at radius 3 is 2.25 bits per heavy atom. The topological polar surface area (TPSA) is 52.3 Å². The van der Waals surface area contributed by atoms with Gasteiger partial charge in [-0.3, -0.25) is 4.79 Å². The van der Waals surface area contributed by atoms with Gasteiger partial charge in [0.05, 0.1) is 7.11 Å². The van der Waals surface area contributed by atoms with E-state index in [-0.39, 0.29) is 6.42 Å². The summed E-state index contributed by atoms with van der Waals surface area (Å²) < 4.78 is 29.1. The molecule has 0 aromatic heterocycles. The molecule has 2 N–H and O–H groups in total. The van der Waals surface area contributed by atoms with Crippen LogP contribution >= 0.6 is 0 Å². The SMILES string of the molecule is CCC(CN)(C(=O)OC)C(F)F. The number of methoxy groups -OCH3 is 1. The Kier molecular flexibility index (Phi) is 4.09. The van der Waals surface area contributed by atoms with Crippen LogP contribution in [0.25, 0.3) is 0 Å². The Bertz CT molecular complexity index is 157. The summed E-state index contributed by atoms with van der Waals surface area (Å²) in [5.41, 5.74) is 3.29. The minimum absolute atomic E-state index is 0.0200. The van der Waals surface area contributed by atoms with Crippen LogP contribution in [0.2, 0.25) is 0 Å². The van der Waals surface area contributed by atoms with Crippen molar-refractivity contribution in [1.82, 2.24) is 0 Å². The molecule has 0 radical (unpaired) electrons. The second kappa shape index (κ2) is 4.35. The van der Waals surface area contributed by atoms with E-state index in [1.807, 2.05) is 0 Å². The number of carbonyl (C=O) groups excluding carboxylic acids is 1. The molecule has 0 saturated carbocycles. The summed E-state index contributed by atoms with van der Waals surface area (Å²) >= 11 is 0. The third kappa shape index (κ3) is 1.72. The van der Waals surface area contributed by atoms with Gasteiger partial charge in [0.25, 0.3) is 6.43 Å². The van der Waals surface area contributed by atoms with E-state index < -0.39 is 24.4 Å². The van der Waals surface area contributed by atoms with Crippen LogP contribution in [0.3, 0.4) is 0 Å². The highest BCUT2D eigenvalue weighted by molar-refractivity contribution is 5.77.